The largest absolute Gasteiger partial charge is 0.435 e. The summed E-state index contributed by atoms with van der Waals surface area (Å²) < 4.78 is 40.9. The van der Waals surface area contributed by atoms with Crippen LogP contribution >= 0.6 is 12.4 Å². The van der Waals surface area contributed by atoms with E-state index in [1.165, 1.54) is 7.05 Å². The SMILES string of the molecule is C[C@H]1CNCCN1c1nc(N)nc2c1c(C(F)(F)F)nn2C.Cl. The van der Waals surface area contributed by atoms with Crippen molar-refractivity contribution in [3.05, 3.63) is 5.69 Å². The Morgan fingerprint density at radius 2 is 2.00 bits per heavy atom. The van der Waals surface area contributed by atoms with Gasteiger partial charge < -0.3 is 16.0 Å². The number of aryl methyl sites for hydroxylation is 1. The van der Waals surface area contributed by atoms with Gasteiger partial charge in [-0.3, -0.25) is 0 Å². The quantitative estimate of drug-likeness (QED) is 0.802. The minimum absolute atomic E-state index is 0. The highest BCUT2D eigenvalue weighted by atomic mass is 35.5. The van der Waals surface area contributed by atoms with E-state index in [4.69, 9.17) is 5.73 Å². The lowest BCUT2D eigenvalue weighted by atomic mass is 10.2. The molecule has 0 aromatic carbocycles. The van der Waals surface area contributed by atoms with Crippen LogP contribution in [0.25, 0.3) is 11.0 Å². The molecule has 1 saturated heterocycles. The summed E-state index contributed by atoms with van der Waals surface area (Å²) in [6, 6.07) is -0.00691. The van der Waals surface area contributed by atoms with Gasteiger partial charge in [0.05, 0.1) is 5.39 Å². The van der Waals surface area contributed by atoms with Gasteiger partial charge in [-0.05, 0) is 6.92 Å². The van der Waals surface area contributed by atoms with E-state index in [0.717, 1.165) is 4.68 Å². The minimum atomic E-state index is -4.58. The van der Waals surface area contributed by atoms with Crippen molar-refractivity contribution in [3.8, 4) is 0 Å². The Hall–Kier alpha value is -1.81. The Kier molecular flexibility index (Phi) is 4.58. The molecule has 0 saturated carbocycles. The molecule has 2 aromatic heterocycles. The van der Waals surface area contributed by atoms with Gasteiger partial charge in [-0.2, -0.15) is 28.2 Å². The van der Waals surface area contributed by atoms with Gasteiger partial charge in [-0.1, -0.05) is 0 Å². The van der Waals surface area contributed by atoms with Gasteiger partial charge in [0.1, 0.15) is 5.82 Å². The fourth-order valence-electron chi connectivity index (χ4n) is 2.71. The van der Waals surface area contributed by atoms with Gasteiger partial charge in [0.25, 0.3) is 0 Å². The molecule has 0 radical (unpaired) electrons. The molecule has 3 rings (SSSR count). The third kappa shape index (κ3) is 3.00. The summed E-state index contributed by atoms with van der Waals surface area (Å²) >= 11 is 0. The predicted octanol–water partition coefficient (Wildman–Crippen LogP) is 1.18. The zero-order valence-corrected chi connectivity index (χ0v) is 13.4. The molecule has 1 aliphatic heterocycles. The van der Waals surface area contributed by atoms with Crippen LogP contribution in [0.3, 0.4) is 0 Å². The van der Waals surface area contributed by atoms with Crippen molar-refractivity contribution >= 4 is 35.2 Å². The Morgan fingerprint density at radius 3 is 2.61 bits per heavy atom. The number of rotatable bonds is 1. The van der Waals surface area contributed by atoms with Gasteiger partial charge >= 0.3 is 6.18 Å². The first kappa shape index (κ1) is 17.5. The number of halogens is 4. The molecule has 3 N–H and O–H groups in total. The van der Waals surface area contributed by atoms with Crippen molar-refractivity contribution in [2.75, 3.05) is 30.3 Å². The number of hydrogen-bond donors (Lipinski definition) is 2. The fourth-order valence-corrected chi connectivity index (χ4v) is 2.71. The lowest BCUT2D eigenvalue weighted by Crippen LogP contribution is -2.50. The number of aromatic nitrogens is 4. The highest BCUT2D eigenvalue weighted by Crippen LogP contribution is 2.38. The van der Waals surface area contributed by atoms with Crippen molar-refractivity contribution < 1.29 is 13.2 Å². The molecule has 3 heterocycles. The Balaban J connectivity index is 0.00000192. The summed E-state index contributed by atoms with van der Waals surface area (Å²) in [6.45, 7) is 3.78. The maximum Gasteiger partial charge on any atom is 0.435 e. The molecular weight excluding hydrogens is 335 g/mol. The zero-order valence-electron chi connectivity index (χ0n) is 12.6. The Labute approximate surface area is 136 Å². The number of piperazine rings is 1. The summed E-state index contributed by atoms with van der Waals surface area (Å²) in [5.74, 6) is 0.127. The molecular formula is C12H17ClF3N7. The highest BCUT2D eigenvalue weighted by Gasteiger charge is 2.39. The van der Waals surface area contributed by atoms with Gasteiger partial charge in [0, 0.05) is 32.7 Å². The predicted molar refractivity (Wildman–Crippen MR) is 82.6 cm³/mol. The minimum Gasteiger partial charge on any atom is -0.368 e. The summed E-state index contributed by atoms with van der Waals surface area (Å²) in [7, 11) is 1.41. The van der Waals surface area contributed by atoms with E-state index in [1.807, 2.05) is 11.8 Å². The number of nitrogens with one attached hydrogen (secondary N) is 1. The Morgan fingerprint density at radius 1 is 1.30 bits per heavy atom. The van der Waals surface area contributed by atoms with Crippen LogP contribution in [0, 0.1) is 0 Å². The van der Waals surface area contributed by atoms with Crippen molar-refractivity contribution in [2.45, 2.75) is 19.1 Å². The van der Waals surface area contributed by atoms with E-state index in [9.17, 15) is 13.2 Å². The molecule has 0 aliphatic carbocycles. The average molecular weight is 352 g/mol. The number of nitrogens with zero attached hydrogens (tertiary/aromatic N) is 5. The molecule has 11 heteroatoms. The van der Waals surface area contributed by atoms with Crippen LogP contribution in [0.4, 0.5) is 24.9 Å². The molecule has 0 spiro atoms. The first-order chi connectivity index (χ1) is 10.3. The van der Waals surface area contributed by atoms with E-state index in [-0.39, 0.29) is 41.2 Å². The third-order valence-corrected chi connectivity index (χ3v) is 3.72. The van der Waals surface area contributed by atoms with Crippen molar-refractivity contribution in [2.24, 2.45) is 7.05 Å². The first-order valence-electron chi connectivity index (χ1n) is 6.84. The van der Waals surface area contributed by atoms with E-state index in [2.05, 4.69) is 20.4 Å². The third-order valence-electron chi connectivity index (χ3n) is 3.72. The van der Waals surface area contributed by atoms with Crippen LogP contribution in [0.5, 0.6) is 0 Å². The van der Waals surface area contributed by atoms with E-state index < -0.39 is 11.9 Å². The number of nitrogens with two attached hydrogens (primary N) is 1. The van der Waals surface area contributed by atoms with Crippen molar-refractivity contribution in [1.82, 2.24) is 25.1 Å². The molecule has 2 aromatic rings. The molecule has 0 unspecified atom stereocenters. The molecule has 0 amide bonds. The maximum absolute atomic E-state index is 13.3. The van der Waals surface area contributed by atoms with Crippen LogP contribution < -0.4 is 16.0 Å². The Bertz CT molecular complexity index is 715. The monoisotopic (exact) mass is 351 g/mol. The molecule has 1 aliphatic rings. The normalized spacial score (nSPS) is 19.0. The lowest BCUT2D eigenvalue weighted by molar-refractivity contribution is -0.140. The molecule has 0 bridgehead atoms. The fraction of sp³-hybridized carbons (Fsp3) is 0.583. The van der Waals surface area contributed by atoms with Crippen LogP contribution in [0.15, 0.2) is 0 Å². The molecule has 128 valence electrons. The van der Waals surface area contributed by atoms with Crippen molar-refractivity contribution in [3.63, 3.8) is 0 Å². The van der Waals surface area contributed by atoms with Crippen LogP contribution in [-0.2, 0) is 13.2 Å². The molecule has 7 nitrogen and oxygen atoms in total. The van der Waals surface area contributed by atoms with Gasteiger partial charge in [-0.25, -0.2) is 4.68 Å². The van der Waals surface area contributed by atoms with Gasteiger partial charge in [-0.15, -0.1) is 12.4 Å². The number of anilines is 2. The van der Waals surface area contributed by atoms with Gasteiger partial charge in [0.2, 0.25) is 5.95 Å². The maximum atomic E-state index is 13.3. The average Bonchev–Trinajstić information content (AvgIpc) is 2.76. The standard InChI is InChI=1S/C12H16F3N7.ClH/c1-6-5-17-3-4-22(6)10-7-8(12(13,14)15)20-21(2)9(7)18-11(16)19-10;/h6,17H,3-5H2,1-2H3,(H2,16,18,19);1H/t6-;/m0./s1. The summed E-state index contributed by atoms with van der Waals surface area (Å²) in [4.78, 5) is 9.80. The molecule has 1 atom stereocenters. The summed E-state index contributed by atoms with van der Waals surface area (Å²) in [5.41, 5.74) is 4.78. The van der Waals surface area contributed by atoms with Crippen LogP contribution in [-0.4, -0.2) is 45.4 Å². The topological polar surface area (TPSA) is 84.9 Å². The van der Waals surface area contributed by atoms with E-state index in [0.29, 0.717) is 19.6 Å². The van der Waals surface area contributed by atoms with Crippen LogP contribution in [0.1, 0.15) is 12.6 Å². The number of nitrogen functional groups attached to an aromatic ring is 1. The molecule has 1 fully saturated rings. The molecule has 23 heavy (non-hydrogen) atoms. The van der Waals surface area contributed by atoms with E-state index >= 15 is 0 Å². The smallest absolute Gasteiger partial charge is 0.368 e. The number of fused-ring (bicyclic) bond motifs is 1. The van der Waals surface area contributed by atoms with E-state index in [1.54, 1.807) is 0 Å². The summed E-state index contributed by atoms with van der Waals surface area (Å²) in [6.07, 6.45) is -4.58. The lowest BCUT2D eigenvalue weighted by Gasteiger charge is -2.35. The second-order valence-electron chi connectivity index (χ2n) is 5.32. The second kappa shape index (κ2) is 6.00. The number of hydrogen-bond acceptors (Lipinski definition) is 6. The number of alkyl halides is 3. The second-order valence-corrected chi connectivity index (χ2v) is 5.32. The zero-order chi connectivity index (χ0) is 16.1. The highest BCUT2D eigenvalue weighted by molar-refractivity contribution is 5.91. The first-order valence-corrected chi connectivity index (χ1v) is 6.84. The summed E-state index contributed by atoms with van der Waals surface area (Å²) in [5, 5.41) is 6.66. The van der Waals surface area contributed by atoms with Crippen molar-refractivity contribution in [1.29, 1.82) is 0 Å². The van der Waals surface area contributed by atoms with Crippen LogP contribution in [0.2, 0.25) is 0 Å². The van der Waals surface area contributed by atoms with Gasteiger partial charge in [0.15, 0.2) is 11.3 Å².